The van der Waals surface area contributed by atoms with Crippen LogP contribution in [0, 0.1) is 0 Å². The Bertz CT molecular complexity index is 10.8. The van der Waals surface area contributed by atoms with Crippen LogP contribution in [0.3, 0.4) is 0 Å². The van der Waals surface area contributed by atoms with Crippen molar-refractivity contribution in [2.24, 2.45) is 0 Å². The van der Waals surface area contributed by atoms with Crippen molar-refractivity contribution < 1.29 is 4.39 Å². The van der Waals surface area contributed by atoms with Gasteiger partial charge in [0.05, 0.1) is 0 Å². The van der Waals surface area contributed by atoms with Crippen LogP contribution in [0.2, 0.25) is 0 Å². The fourth-order valence-electron chi connectivity index (χ4n) is 0. The zero-order valence-corrected chi connectivity index (χ0v) is 4.88. The zero-order chi connectivity index (χ0) is 3.58. The second-order valence-electron chi connectivity index (χ2n) is 0.247. The third-order valence-electron chi connectivity index (χ3n) is 0. The Hall–Kier alpha value is 0.890. The van der Waals surface area contributed by atoms with E-state index in [2.05, 4.69) is 31.9 Å². The number of hydrogen-bond donors (Lipinski definition) is 0. The summed E-state index contributed by atoms with van der Waals surface area (Å²) in [5.41, 5.74) is 0. The van der Waals surface area contributed by atoms with Crippen molar-refractivity contribution in [1.82, 2.24) is 0 Å². The predicted molar refractivity (Wildman–Crippen MR) is 22.7 cm³/mol. The second kappa shape index (κ2) is 2.15. The molecule has 0 amide bonds. The monoisotopic (exact) mass is 190 g/mol. The van der Waals surface area contributed by atoms with E-state index >= 15 is 0 Å². The van der Waals surface area contributed by atoms with Crippen LogP contribution in [0.5, 0.6) is 0 Å². The minimum Gasteiger partial charge on any atom is -0.222 e. The lowest BCUT2D eigenvalue weighted by atomic mass is 11.8. The maximum atomic E-state index is 10.8. The molecule has 0 aliphatic heterocycles. The summed E-state index contributed by atoms with van der Waals surface area (Å²) in [4.78, 5) is 0. The molecule has 0 bridgehead atoms. The predicted octanol–water partition coefficient (Wildman–Crippen LogP) is 2.03. The first-order chi connectivity index (χ1) is 1.73. The first kappa shape index (κ1) is 4.89. The van der Waals surface area contributed by atoms with E-state index < -0.39 is 3.99 Å². The molecular weight excluding hydrogens is 191 g/mol. The van der Waals surface area contributed by atoms with E-state index in [9.17, 15) is 4.39 Å². The van der Waals surface area contributed by atoms with Gasteiger partial charge in [0.25, 0.3) is 0 Å². The standard InChI is InChI=1S/CHBr2F/c2-1(3)4/h1H. The Morgan fingerprint density at radius 2 is 1.50 bits per heavy atom. The number of hydrogen-bond acceptors (Lipinski definition) is 0. The van der Waals surface area contributed by atoms with Crippen LogP contribution in [-0.4, -0.2) is 3.99 Å². The average molecular weight is 192 g/mol. The van der Waals surface area contributed by atoms with Crippen molar-refractivity contribution in [3.8, 4) is 0 Å². The number of rotatable bonds is 0. The topological polar surface area (TPSA) is 0 Å². The van der Waals surface area contributed by atoms with Crippen molar-refractivity contribution >= 4 is 31.9 Å². The Morgan fingerprint density at radius 1 is 1.50 bits per heavy atom. The van der Waals surface area contributed by atoms with Crippen molar-refractivity contribution in [1.29, 1.82) is 0 Å². The summed E-state index contributed by atoms with van der Waals surface area (Å²) in [6.07, 6.45) is 0. The molecule has 0 saturated carbocycles. The third-order valence-corrected chi connectivity index (χ3v) is 0. The van der Waals surface area contributed by atoms with Gasteiger partial charge in [0.1, 0.15) is 0 Å². The van der Waals surface area contributed by atoms with Gasteiger partial charge in [0.2, 0.25) is 3.99 Å². The molecule has 0 heterocycles. The molecule has 0 atom stereocenters. The summed E-state index contributed by atoms with van der Waals surface area (Å²) in [5.74, 6) is 0. The quantitative estimate of drug-likeness (QED) is 0.515. The molecule has 4 heavy (non-hydrogen) atoms. The molecule has 0 unspecified atom stereocenters. The SMILES string of the molecule is FC(Br)Br. The van der Waals surface area contributed by atoms with Crippen molar-refractivity contribution in [3.05, 3.63) is 0 Å². The molecule has 0 saturated heterocycles. The minimum atomic E-state index is -1.04. The van der Waals surface area contributed by atoms with E-state index in [0.29, 0.717) is 0 Å². The molecule has 0 radical (unpaired) electrons. The highest BCUT2D eigenvalue weighted by atomic mass is 79.9. The van der Waals surface area contributed by atoms with E-state index in [1.807, 2.05) is 0 Å². The van der Waals surface area contributed by atoms with Gasteiger partial charge in [-0.05, 0) is 31.9 Å². The van der Waals surface area contributed by atoms with E-state index in [-0.39, 0.29) is 0 Å². The van der Waals surface area contributed by atoms with E-state index in [4.69, 9.17) is 0 Å². The minimum absolute atomic E-state index is 1.04. The second-order valence-corrected chi connectivity index (χ2v) is 3.08. The van der Waals surface area contributed by atoms with Gasteiger partial charge in [-0.1, -0.05) is 0 Å². The Kier molecular flexibility index (Phi) is 2.62. The van der Waals surface area contributed by atoms with Gasteiger partial charge < -0.3 is 0 Å². The zero-order valence-electron chi connectivity index (χ0n) is 1.71. The van der Waals surface area contributed by atoms with Crippen LogP contribution in [0.15, 0.2) is 0 Å². The van der Waals surface area contributed by atoms with E-state index in [1.165, 1.54) is 0 Å². The summed E-state index contributed by atoms with van der Waals surface area (Å²) in [6, 6.07) is 0. The average Bonchev–Trinajstić information content (AvgIpc) is 0.811. The van der Waals surface area contributed by atoms with Crippen LogP contribution < -0.4 is 0 Å². The molecule has 0 aliphatic carbocycles. The molecule has 0 spiro atoms. The molecule has 0 aromatic carbocycles. The first-order valence-corrected chi connectivity index (χ1v) is 2.49. The molecule has 0 aromatic heterocycles. The molecule has 0 aliphatic rings. The van der Waals surface area contributed by atoms with Crippen LogP contribution in [-0.2, 0) is 0 Å². The summed E-state index contributed by atoms with van der Waals surface area (Å²) in [5, 5.41) is 0. The van der Waals surface area contributed by atoms with Gasteiger partial charge in [-0.15, -0.1) is 0 Å². The highest BCUT2D eigenvalue weighted by Crippen LogP contribution is 2.06. The van der Waals surface area contributed by atoms with Crippen molar-refractivity contribution in [3.63, 3.8) is 0 Å². The fourth-order valence-corrected chi connectivity index (χ4v) is 0. The molecule has 0 aromatic rings. The fraction of sp³-hybridized carbons (Fsp3) is 1.00. The Morgan fingerprint density at radius 3 is 1.50 bits per heavy atom. The maximum Gasteiger partial charge on any atom is 0.209 e. The number of alkyl halides is 3. The molecular formula is CHBr2F. The summed E-state index contributed by atoms with van der Waals surface area (Å²) in [7, 11) is 0. The summed E-state index contributed by atoms with van der Waals surface area (Å²) < 4.78 is 9.79. The molecule has 3 heteroatoms. The Labute approximate surface area is 40.6 Å². The van der Waals surface area contributed by atoms with E-state index in [1.54, 1.807) is 0 Å². The van der Waals surface area contributed by atoms with Gasteiger partial charge in [0, 0.05) is 0 Å². The van der Waals surface area contributed by atoms with Crippen LogP contribution in [0.1, 0.15) is 0 Å². The Balaban J connectivity index is 2.32. The molecule has 0 nitrogen and oxygen atoms in total. The lowest BCUT2D eigenvalue weighted by Crippen LogP contribution is -1.55. The van der Waals surface area contributed by atoms with Crippen LogP contribution >= 0.6 is 31.9 Å². The van der Waals surface area contributed by atoms with Gasteiger partial charge >= 0.3 is 0 Å². The largest absolute Gasteiger partial charge is 0.222 e. The highest BCUT2D eigenvalue weighted by molar-refractivity contribution is 9.24. The molecule has 0 N–H and O–H groups in total. The normalized spacial score (nSPS) is 9.00. The summed E-state index contributed by atoms with van der Waals surface area (Å²) >= 11 is 5.04. The van der Waals surface area contributed by atoms with Crippen LogP contribution in [0.25, 0.3) is 0 Å². The molecule has 0 rings (SSSR count). The lowest BCUT2D eigenvalue weighted by Gasteiger charge is -1.69. The number of halogens is 3. The molecule has 26 valence electrons. The lowest BCUT2D eigenvalue weighted by molar-refractivity contribution is 0.584. The van der Waals surface area contributed by atoms with Crippen molar-refractivity contribution in [2.75, 3.05) is 0 Å². The van der Waals surface area contributed by atoms with Gasteiger partial charge in [-0.2, -0.15) is 0 Å². The van der Waals surface area contributed by atoms with Gasteiger partial charge in [0.15, 0.2) is 0 Å². The highest BCUT2D eigenvalue weighted by Gasteiger charge is 1.80. The molecule has 0 fully saturated rings. The summed E-state index contributed by atoms with van der Waals surface area (Å²) in [6.45, 7) is 0. The maximum absolute atomic E-state index is 10.8. The van der Waals surface area contributed by atoms with E-state index in [0.717, 1.165) is 0 Å². The van der Waals surface area contributed by atoms with Gasteiger partial charge in [-0.3, -0.25) is 0 Å². The van der Waals surface area contributed by atoms with Crippen molar-refractivity contribution in [2.45, 2.75) is 3.99 Å². The third kappa shape index (κ3) is 13.0. The van der Waals surface area contributed by atoms with Crippen LogP contribution in [0.4, 0.5) is 4.39 Å². The first-order valence-electron chi connectivity index (χ1n) is 0.655. The van der Waals surface area contributed by atoms with Gasteiger partial charge in [-0.25, -0.2) is 4.39 Å². The smallest absolute Gasteiger partial charge is 0.209 e.